The maximum Gasteiger partial charge on any atom is 0.223 e. The van der Waals surface area contributed by atoms with E-state index in [1.54, 1.807) is 12.1 Å². The van der Waals surface area contributed by atoms with E-state index >= 15 is 0 Å². The average molecular weight is 491 g/mol. The average Bonchev–Trinajstić information content (AvgIpc) is 3.24. The van der Waals surface area contributed by atoms with Gasteiger partial charge in [0, 0.05) is 23.2 Å². The molecule has 5 rings (SSSR count). The number of aromatic nitrogens is 2. The Hall–Kier alpha value is -3.22. The number of carbonyl (C=O) groups is 1. The number of imidazole rings is 1. The molecule has 0 bridgehead atoms. The minimum atomic E-state index is -0.256. The van der Waals surface area contributed by atoms with Gasteiger partial charge < -0.3 is 5.32 Å². The van der Waals surface area contributed by atoms with Crippen molar-refractivity contribution in [2.24, 2.45) is 5.92 Å². The van der Waals surface area contributed by atoms with Crippen LogP contribution in [0.1, 0.15) is 24.2 Å². The van der Waals surface area contributed by atoms with Crippen molar-refractivity contribution in [3.05, 3.63) is 95.0 Å². The van der Waals surface area contributed by atoms with Crippen LogP contribution in [0.3, 0.4) is 0 Å². The quantitative estimate of drug-likeness (QED) is 0.378. The topological polar surface area (TPSA) is 50.2 Å². The predicted octanol–water partition coefficient (Wildman–Crippen LogP) is 5.39. The van der Waals surface area contributed by atoms with Gasteiger partial charge in [-0.15, -0.1) is 0 Å². The standard InChI is InChI=1S/C28H28ClFN4O/c29-22-7-5-20(6-8-22)13-16-31-28(35)21-14-17-33(18-15-21)19-27-32-25-3-1-2-4-26(25)34(27)24-11-9-23(30)10-12-24/h1-12,21H,13-19H2,(H,31,35). The van der Waals surface area contributed by atoms with Crippen LogP contribution in [0, 0.1) is 11.7 Å². The van der Waals surface area contributed by atoms with Gasteiger partial charge in [0.1, 0.15) is 11.6 Å². The van der Waals surface area contributed by atoms with Crippen LogP contribution in [-0.2, 0) is 17.8 Å². The first-order chi connectivity index (χ1) is 17.1. The number of hydrogen-bond acceptors (Lipinski definition) is 3. The van der Waals surface area contributed by atoms with Crippen LogP contribution in [0.15, 0.2) is 72.8 Å². The van der Waals surface area contributed by atoms with Crippen molar-refractivity contribution >= 4 is 28.5 Å². The minimum Gasteiger partial charge on any atom is -0.356 e. The minimum absolute atomic E-state index is 0.0346. The molecule has 3 aromatic carbocycles. The number of rotatable bonds is 7. The van der Waals surface area contributed by atoms with Crippen molar-refractivity contribution in [3.8, 4) is 5.69 Å². The first-order valence-corrected chi connectivity index (χ1v) is 12.4. The Bertz CT molecular complexity index is 1300. The van der Waals surface area contributed by atoms with Crippen LogP contribution >= 0.6 is 11.6 Å². The molecule has 1 aliphatic rings. The molecule has 1 amide bonds. The van der Waals surface area contributed by atoms with E-state index in [0.29, 0.717) is 13.1 Å². The Kier molecular flexibility index (Phi) is 7.11. The number of nitrogens with one attached hydrogen (secondary N) is 1. The Morgan fingerprint density at radius 2 is 1.71 bits per heavy atom. The van der Waals surface area contributed by atoms with Gasteiger partial charge in [-0.2, -0.15) is 0 Å². The van der Waals surface area contributed by atoms with E-state index in [1.165, 1.54) is 12.1 Å². The van der Waals surface area contributed by atoms with Crippen molar-refractivity contribution < 1.29 is 9.18 Å². The molecule has 0 radical (unpaired) electrons. The zero-order chi connectivity index (χ0) is 24.2. The molecule has 0 unspecified atom stereocenters. The summed E-state index contributed by atoms with van der Waals surface area (Å²) in [6.07, 6.45) is 2.44. The van der Waals surface area contributed by atoms with Gasteiger partial charge in [0.05, 0.1) is 17.6 Å². The van der Waals surface area contributed by atoms with Crippen molar-refractivity contribution in [1.82, 2.24) is 19.8 Å². The van der Waals surface area contributed by atoms with Gasteiger partial charge in [0.2, 0.25) is 5.91 Å². The molecule has 1 aromatic heterocycles. The molecule has 1 fully saturated rings. The van der Waals surface area contributed by atoms with E-state index in [9.17, 15) is 9.18 Å². The van der Waals surface area contributed by atoms with Crippen LogP contribution in [0.25, 0.3) is 16.7 Å². The number of piperidine rings is 1. The fourth-order valence-electron chi connectivity index (χ4n) is 4.74. The number of amides is 1. The number of halogens is 2. The molecule has 1 aliphatic heterocycles. The van der Waals surface area contributed by atoms with Gasteiger partial charge in [0.25, 0.3) is 0 Å². The van der Waals surface area contributed by atoms with Crippen LogP contribution in [-0.4, -0.2) is 40.0 Å². The fourth-order valence-corrected chi connectivity index (χ4v) is 4.86. The molecule has 0 atom stereocenters. The number of hydrogen-bond donors (Lipinski definition) is 1. The van der Waals surface area contributed by atoms with Crippen LogP contribution in [0.2, 0.25) is 5.02 Å². The van der Waals surface area contributed by atoms with Crippen molar-refractivity contribution in [2.75, 3.05) is 19.6 Å². The maximum atomic E-state index is 13.5. The highest BCUT2D eigenvalue weighted by molar-refractivity contribution is 6.30. The van der Waals surface area contributed by atoms with Gasteiger partial charge in [-0.1, -0.05) is 35.9 Å². The Morgan fingerprint density at radius 1 is 1.00 bits per heavy atom. The van der Waals surface area contributed by atoms with Gasteiger partial charge >= 0.3 is 0 Å². The third-order valence-electron chi connectivity index (χ3n) is 6.66. The van der Waals surface area contributed by atoms with Gasteiger partial charge in [0.15, 0.2) is 0 Å². The Morgan fingerprint density at radius 3 is 2.46 bits per heavy atom. The van der Waals surface area contributed by atoms with Crippen LogP contribution in [0.5, 0.6) is 0 Å². The largest absolute Gasteiger partial charge is 0.356 e. The predicted molar refractivity (Wildman–Crippen MR) is 137 cm³/mol. The van der Waals surface area contributed by atoms with Crippen molar-refractivity contribution in [1.29, 1.82) is 0 Å². The molecular weight excluding hydrogens is 463 g/mol. The zero-order valence-electron chi connectivity index (χ0n) is 19.5. The number of fused-ring (bicyclic) bond motifs is 1. The summed E-state index contributed by atoms with van der Waals surface area (Å²) in [5.74, 6) is 0.835. The zero-order valence-corrected chi connectivity index (χ0v) is 20.2. The number of benzene rings is 3. The van der Waals surface area contributed by atoms with Crippen LogP contribution < -0.4 is 5.32 Å². The first kappa shape index (κ1) is 23.5. The summed E-state index contributed by atoms with van der Waals surface area (Å²) in [5.41, 5.74) is 3.98. The molecule has 4 aromatic rings. The second-order valence-corrected chi connectivity index (χ2v) is 9.48. The summed E-state index contributed by atoms with van der Waals surface area (Å²) in [4.78, 5) is 19.9. The van der Waals surface area contributed by atoms with Gasteiger partial charge in [-0.3, -0.25) is 14.3 Å². The normalized spacial score (nSPS) is 14.9. The lowest BCUT2D eigenvalue weighted by atomic mass is 9.96. The third-order valence-corrected chi connectivity index (χ3v) is 6.92. The summed E-state index contributed by atoms with van der Waals surface area (Å²) >= 11 is 5.93. The number of likely N-dealkylation sites (tertiary alicyclic amines) is 1. The Labute approximate surface area is 209 Å². The summed E-state index contributed by atoms with van der Waals surface area (Å²) in [6, 6.07) is 22.3. The fraction of sp³-hybridized carbons (Fsp3) is 0.286. The van der Waals surface area contributed by atoms with Gasteiger partial charge in [-0.05, 0) is 86.4 Å². The molecular formula is C28H28ClFN4O. The third kappa shape index (κ3) is 5.55. The Balaban J connectivity index is 1.19. The molecule has 180 valence electrons. The van der Waals surface area contributed by atoms with E-state index in [-0.39, 0.29) is 17.6 Å². The molecule has 7 heteroatoms. The van der Waals surface area contributed by atoms with E-state index in [1.807, 2.05) is 48.5 Å². The first-order valence-electron chi connectivity index (χ1n) is 12.0. The highest BCUT2D eigenvalue weighted by Gasteiger charge is 2.26. The highest BCUT2D eigenvalue weighted by Crippen LogP contribution is 2.25. The molecule has 0 saturated carbocycles. The lowest BCUT2D eigenvalue weighted by Crippen LogP contribution is -2.41. The molecule has 35 heavy (non-hydrogen) atoms. The van der Waals surface area contributed by atoms with Gasteiger partial charge in [-0.25, -0.2) is 9.37 Å². The van der Waals surface area contributed by atoms with Crippen molar-refractivity contribution in [3.63, 3.8) is 0 Å². The van der Waals surface area contributed by atoms with E-state index in [0.717, 1.165) is 65.5 Å². The second kappa shape index (κ2) is 10.6. The molecule has 5 nitrogen and oxygen atoms in total. The monoisotopic (exact) mass is 490 g/mol. The summed E-state index contributed by atoms with van der Waals surface area (Å²) in [6.45, 7) is 2.98. The van der Waals surface area contributed by atoms with Crippen molar-refractivity contribution in [2.45, 2.75) is 25.8 Å². The van der Waals surface area contributed by atoms with Crippen LogP contribution in [0.4, 0.5) is 4.39 Å². The summed E-state index contributed by atoms with van der Waals surface area (Å²) < 4.78 is 15.6. The number of carbonyl (C=O) groups excluding carboxylic acids is 1. The number of para-hydroxylation sites is 2. The summed E-state index contributed by atoms with van der Waals surface area (Å²) in [7, 11) is 0. The molecule has 0 aliphatic carbocycles. The SMILES string of the molecule is O=C(NCCc1ccc(Cl)cc1)C1CCN(Cc2nc3ccccc3n2-c2ccc(F)cc2)CC1. The highest BCUT2D eigenvalue weighted by atomic mass is 35.5. The van der Waals surface area contributed by atoms with E-state index in [4.69, 9.17) is 16.6 Å². The molecule has 2 heterocycles. The molecule has 0 spiro atoms. The van der Waals surface area contributed by atoms with E-state index in [2.05, 4.69) is 14.8 Å². The lowest BCUT2D eigenvalue weighted by molar-refractivity contribution is -0.126. The maximum absolute atomic E-state index is 13.5. The second-order valence-electron chi connectivity index (χ2n) is 9.05. The smallest absolute Gasteiger partial charge is 0.223 e. The molecule has 1 N–H and O–H groups in total. The van der Waals surface area contributed by atoms with E-state index < -0.39 is 0 Å². The number of nitrogens with zero attached hydrogens (tertiary/aromatic N) is 3. The summed E-state index contributed by atoms with van der Waals surface area (Å²) in [5, 5.41) is 3.82. The molecule has 1 saturated heterocycles. The lowest BCUT2D eigenvalue weighted by Gasteiger charge is -2.31.